The van der Waals surface area contributed by atoms with Gasteiger partial charge < -0.3 is 14.9 Å². The van der Waals surface area contributed by atoms with Crippen LogP contribution in [0.25, 0.3) is 0 Å². The molecule has 0 spiro atoms. The number of rotatable bonds is 2. The molecule has 0 radical (unpaired) electrons. The molecule has 6 nitrogen and oxygen atoms in total. The second kappa shape index (κ2) is 4.48. The molecule has 1 aromatic carbocycles. The highest BCUT2D eigenvalue weighted by Crippen LogP contribution is 2.22. The fourth-order valence-corrected chi connectivity index (χ4v) is 1.85. The highest BCUT2D eigenvalue weighted by molar-refractivity contribution is 6.41. The molecule has 0 aliphatic carbocycles. The van der Waals surface area contributed by atoms with E-state index in [0.29, 0.717) is 13.1 Å². The van der Waals surface area contributed by atoms with Crippen LogP contribution >= 0.6 is 0 Å². The number of hydrogen-bond acceptors (Lipinski definition) is 3. The smallest absolute Gasteiger partial charge is 0.337 e. The van der Waals surface area contributed by atoms with E-state index in [0.717, 1.165) is 0 Å². The van der Waals surface area contributed by atoms with Crippen LogP contribution in [0.5, 0.6) is 0 Å². The molecule has 6 heteroatoms. The van der Waals surface area contributed by atoms with Crippen molar-refractivity contribution in [3.8, 4) is 0 Å². The number of para-hydroxylation sites is 1. The summed E-state index contributed by atoms with van der Waals surface area (Å²) in [6.07, 6.45) is 0. The van der Waals surface area contributed by atoms with E-state index in [1.54, 1.807) is 19.2 Å². The highest BCUT2D eigenvalue weighted by Gasteiger charge is 2.32. The predicted molar refractivity (Wildman–Crippen MR) is 63.4 cm³/mol. The number of amides is 2. The summed E-state index contributed by atoms with van der Waals surface area (Å²) >= 11 is 0. The molecule has 0 unspecified atom stereocenters. The molecule has 1 heterocycles. The van der Waals surface area contributed by atoms with E-state index in [-0.39, 0.29) is 11.3 Å². The third-order valence-electron chi connectivity index (χ3n) is 2.86. The Kier molecular flexibility index (Phi) is 3.01. The summed E-state index contributed by atoms with van der Waals surface area (Å²) < 4.78 is 0. The lowest BCUT2D eigenvalue weighted by Gasteiger charge is -2.32. The summed E-state index contributed by atoms with van der Waals surface area (Å²) in [5, 5.41) is 9.07. The van der Waals surface area contributed by atoms with E-state index in [4.69, 9.17) is 5.11 Å². The van der Waals surface area contributed by atoms with Crippen LogP contribution in [0.2, 0.25) is 0 Å². The third kappa shape index (κ3) is 1.92. The SMILES string of the molecule is CN1CCN(c2ccccc2C(=O)O)C(=O)C1=O. The Bertz CT molecular complexity index is 527. The zero-order chi connectivity index (χ0) is 13.3. The van der Waals surface area contributed by atoms with Gasteiger partial charge in [0.1, 0.15) is 0 Å². The summed E-state index contributed by atoms with van der Waals surface area (Å²) in [5.41, 5.74) is 0.277. The van der Waals surface area contributed by atoms with Crippen LogP contribution in [-0.4, -0.2) is 47.9 Å². The number of likely N-dealkylation sites (N-methyl/N-ethyl adjacent to an activating group) is 1. The van der Waals surface area contributed by atoms with Gasteiger partial charge >= 0.3 is 17.8 Å². The normalized spacial score (nSPS) is 16.1. The topological polar surface area (TPSA) is 77.9 Å². The zero-order valence-electron chi connectivity index (χ0n) is 9.79. The van der Waals surface area contributed by atoms with E-state index in [1.165, 1.54) is 21.9 Å². The zero-order valence-corrected chi connectivity index (χ0v) is 9.79. The van der Waals surface area contributed by atoms with Crippen molar-refractivity contribution in [2.75, 3.05) is 25.0 Å². The molecule has 0 bridgehead atoms. The summed E-state index contributed by atoms with van der Waals surface area (Å²) in [4.78, 5) is 37.0. The van der Waals surface area contributed by atoms with Crippen molar-refractivity contribution in [1.29, 1.82) is 0 Å². The minimum atomic E-state index is -1.12. The average Bonchev–Trinajstić information content (AvgIpc) is 2.36. The van der Waals surface area contributed by atoms with Gasteiger partial charge in [-0.3, -0.25) is 9.59 Å². The van der Waals surface area contributed by atoms with E-state index in [9.17, 15) is 14.4 Å². The number of anilines is 1. The lowest BCUT2D eigenvalue weighted by atomic mass is 10.1. The van der Waals surface area contributed by atoms with Crippen molar-refractivity contribution in [3.63, 3.8) is 0 Å². The van der Waals surface area contributed by atoms with Crippen LogP contribution in [-0.2, 0) is 9.59 Å². The molecule has 94 valence electrons. The van der Waals surface area contributed by atoms with Crippen LogP contribution in [0.15, 0.2) is 24.3 Å². The van der Waals surface area contributed by atoms with Gasteiger partial charge in [-0.1, -0.05) is 12.1 Å². The Morgan fingerprint density at radius 3 is 2.50 bits per heavy atom. The number of aromatic carboxylic acids is 1. The largest absolute Gasteiger partial charge is 0.478 e. The van der Waals surface area contributed by atoms with Crippen LogP contribution in [0.3, 0.4) is 0 Å². The average molecular weight is 248 g/mol. The maximum Gasteiger partial charge on any atom is 0.337 e. The minimum absolute atomic E-state index is 0.0169. The molecule has 0 aromatic heterocycles. The Morgan fingerprint density at radius 1 is 1.17 bits per heavy atom. The number of carbonyl (C=O) groups is 3. The van der Waals surface area contributed by atoms with Crippen molar-refractivity contribution in [2.45, 2.75) is 0 Å². The lowest BCUT2D eigenvalue weighted by Crippen LogP contribution is -2.53. The molecule has 0 saturated carbocycles. The van der Waals surface area contributed by atoms with E-state index >= 15 is 0 Å². The molecule has 1 fully saturated rings. The summed E-state index contributed by atoms with van der Waals surface area (Å²) in [6.45, 7) is 0.684. The summed E-state index contributed by atoms with van der Waals surface area (Å²) in [6, 6.07) is 6.15. The highest BCUT2D eigenvalue weighted by atomic mass is 16.4. The molecule has 2 rings (SSSR count). The third-order valence-corrected chi connectivity index (χ3v) is 2.86. The van der Waals surface area contributed by atoms with Gasteiger partial charge in [-0.05, 0) is 12.1 Å². The van der Waals surface area contributed by atoms with Gasteiger partial charge in [0.25, 0.3) is 0 Å². The Labute approximate surface area is 103 Å². The number of nitrogens with zero attached hydrogens (tertiary/aromatic N) is 2. The van der Waals surface area contributed by atoms with Gasteiger partial charge in [0.2, 0.25) is 0 Å². The molecular formula is C12H12N2O4. The fraction of sp³-hybridized carbons (Fsp3) is 0.250. The number of piperazine rings is 1. The Hall–Kier alpha value is -2.37. The second-order valence-corrected chi connectivity index (χ2v) is 4.01. The van der Waals surface area contributed by atoms with Gasteiger partial charge in [-0.15, -0.1) is 0 Å². The lowest BCUT2D eigenvalue weighted by molar-refractivity contribution is -0.145. The summed E-state index contributed by atoms with van der Waals surface area (Å²) in [5.74, 6) is -2.44. The molecule has 1 aliphatic heterocycles. The molecule has 1 N–H and O–H groups in total. The maximum atomic E-state index is 11.9. The predicted octanol–water partition coefficient (Wildman–Crippen LogP) is 0.190. The quantitative estimate of drug-likeness (QED) is 0.758. The second-order valence-electron chi connectivity index (χ2n) is 4.01. The minimum Gasteiger partial charge on any atom is -0.478 e. The standard InChI is InChI=1S/C12H12N2O4/c1-13-6-7-14(11(16)10(13)15)9-5-3-2-4-8(9)12(17)18/h2-5H,6-7H2,1H3,(H,17,18). The van der Waals surface area contributed by atoms with Gasteiger partial charge in [0.15, 0.2) is 0 Å². The van der Waals surface area contributed by atoms with Crippen molar-refractivity contribution >= 4 is 23.5 Å². The molecule has 1 aliphatic rings. The first kappa shape index (κ1) is 12.1. The van der Waals surface area contributed by atoms with Gasteiger partial charge in [-0.2, -0.15) is 0 Å². The fourth-order valence-electron chi connectivity index (χ4n) is 1.85. The first-order chi connectivity index (χ1) is 8.52. The molecule has 2 amide bonds. The van der Waals surface area contributed by atoms with E-state index in [1.807, 2.05) is 0 Å². The van der Waals surface area contributed by atoms with Crippen LogP contribution in [0.4, 0.5) is 5.69 Å². The number of carboxylic acid groups (broad SMARTS) is 1. The molecule has 18 heavy (non-hydrogen) atoms. The van der Waals surface area contributed by atoms with Crippen molar-refractivity contribution in [3.05, 3.63) is 29.8 Å². The number of hydrogen-bond donors (Lipinski definition) is 1. The molecule has 1 aromatic rings. The van der Waals surface area contributed by atoms with Crippen molar-refractivity contribution < 1.29 is 19.5 Å². The summed E-state index contributed by atoms with van der Waals surface area (Å²) in [7, 11) is 1.54. The number of carbonyl (C=O) groups excluding carboxylic acids is 2. The van der Waals surface area contributed by atoms with Crippen LogP contribution in [0.1, 0.15) is 10.4 Å². The number of benzene rings is 1. The maximum absolute atomic E-state index is 11.9. The molecule has 1 saturated heterocycles. The number of carboxylic acids is 1. The van der Waals surface area contributed by atoms with Crippen LogP contribution in [0, 0.1) is 0 Å². The van der Waals surface area contributed by atoms with E-state index in [2.05, 4.69) is 0 Å². The van der Waals surface area contributed by atoms with E-state index < -0.39 is 17.8 Å². The first-order valence-corrected chi connectivity index (χ1v) is 5.41. The van der Waals surface area contributed by atoms with Crippen LogP contribution < -0.4 is 4.90 Å². The Balaban J connectivity index is 2.41. The first-order valence-electron chi connectivity index (χ1n) is 5.41. The molecule has 0 atom stereocenters. The van der Waals surface area contributed by atoms with Crippen molar-refractivity contribution in [1.82, 2.24) is 4.90 Å². The van der Waals surface area contributed by atoms with Gasteiger partial charge in [0, 0.05) is 20.1 Å². The van der Waals surface area contributed by atoms with Gasteiger partial charge in [0.05, 0.1) is 11.3 Å². The monoisotopic (exact) mass is 248 g/mol. The molecular weight excluding hydrogens is 236 g/mol. The van der Waals surface area contributed by atoms with Crippen molar-refractivity contribution in [2.24, 2.45) is 0 Å². The van der Waals surface area contributed by atoms with Gasteiger partial charge in [-0.25, -0.2) is 4.79 Å². The Morgan fingerprint density at radius 2 is 1.83 bits per heavy atom.